The Kier molecular flexibility index (Phi) is 3.74. The normalized spacial score (nSPS) is 11.1. The molecule has 5 heteroatoms. The van der Waals surface area contributed by atoms with Crippen LogP contribution in [0.1, 0.15) is 0 Å². The summed E-state index contributed by atoms with van der Waals surface area (Å²) in [6, 6.07) is 15.9. The Labute approximate surface area is 109 Å². The molecule has 1 aliphatic rings. The van der Waals surface area contributed by atoms with Crippen LogP contribution >= 0.6 is 11.8 Å². The molecule has 0 saturated heterocycles. The molecule has 0 unspecified atom stereocenters. The molecule has 2 aromatic carbocycles. The number of anilines is 2. The molecule has 0 bridgehead atoms. The lowest BCUT2D eigenvalue weighted by atomic mass is 10.2. The molecule has 0 radical (unpaired) electrons. The van der Waals surface area contributed by atoms with Gasteiger partial charge in [-0.25, -0.2) is 4.79 Å². The summed E-state index contributed by atoms with van der Waals surface area (Å²) in [4.78, 5) is 11.6. The van der Waals surface area contributed by atoms with Gasteiger partial charge in [-0.3, -0.25) is 0 Å². The van der Waals surface area contributed by atoms with Crippen molar-refractivity contribution in [2.24, 2.45) is 11.5 Å². The fourth-order valence-corrected chi connectivity index (χ4v) is 2.57. The predicted octanol–water partition coefficient (Wildman–Crippen LogP) is 2.92. The molecular formula is C13H13N3OS. The Balaban J connectivity index is 0.000000267. The lowest BCUT2D eigenvalue weighted by Gasteiger charge is -2.19. The van der Waals surface area contributed by atoms with Crippen LogP contribution in [-0.2, 0) is 0 Å². The lowest BCUT2D eigenvalue weighted by molar-refractivity contribution is 0.256. The van der Waals surface area contributed by atoms with Crippen molar-refractivity contribution in [1.82, 2.24) is 0 Å². The maximum atomic E-state index is 9.00. The summed E-state index contributed by atoms with van der Waals surface area (Å²) >= 11 is 1.82. The van der Waals surface area contributed by atoms with E-state index in [9.17, 15) is 0 Å². The SMILES string of the molecule is NC(N)=O.c1ccc2c(c1)Nc1ccccc1S2. The highest BCUT2D eigenvalue weighted by molar-refractivity contribution is 7.99. The number of nitrogens with one attached hydrogen (secondary N) is 1. The van der Waals surface area contributed by atoms with Crippen LogP contribution in [0.5, 0.6) is 0 Å². The van der Waals surface area contributed by atoms with Crippen LogP contribution in [0.4, 0.5) is 16.2 Å². The third-order valence-corrected chi connectivity index (χ3v) is 3.42. The quantitative estimate of drug-likeness (QED) is 0.580. The van der Waals surface area contributed by atoms with Crippen molar-refractivity contribution in [3.05, 3.63) is 48.5 Å². The maximum Gasteiger partial charge on any atom is 0.309 e. The highest BCUT2D eigenvalue weighted by atomic mass is 32.2. The first-order chi connectivity index (χ1) is 8.66. The van der Waals surface area contributed by atoms with Gasteiger partial charge in [-0.05, 0) is 24.3 Å². The second-order valence-electron chi connectivity index (χ2n) is 3.62. The maximum absolute atomic E-state index is 9.00. The summed E-state index contributed by atoms with van der Waals surface area (Å²) in [7, 11) is 0. The summed E-state index contributed by atoms with van der Waals surface area (Å²) in [6.45, 7) is 0. The summed E-state index contributed by atoms with van der Waals surface area (Å²) in [5.41, 5.74) is 10.9. The molecule has 3 rings (SSSR count). The molecule has 0 saturated carbocycles. The molecule has 1 heterocycles. The lowest BCUT2D eigenvalue weighted by Crippen LogP contribution is -2.18. The van der Waals surface area contributed by atoms with E-state index in [4.69, 9.17) is 4.79 Å². The van der Waals surface area contributed by atoms with E-state index in [0.717, 1.165) is 0 Å². The van der Waals surface area contributed by atoms with Crippen LogP contribution in [0.3, 0.4) is 0 Å². The number of hydrogen-bond acceptors (Lipinski definition) is 3. The van der Waals surface area contributed by atoms with Crippen LogP contribution in [0.2, 0.25) is 0 Å². The van der Waals surface area contributed by atoms with Gasteiger partial charge in [0.05, 0.1) is 11.4 Å². The van der Waals surface area contributed by atoms with Gasteiger partial charge in [0.15, 0.2) is 0 Å². The molecule has 92 valence electrons. The van der Waals surface area contributed by atoms with E-state index >= 15 is 0 Å². The molecular weight excluding hydrogens is 246 g/mol. The number of para-hydroxylation sites is 2. The Morgan fingerprint density at radius 1 is 0.889 bits per heavy atom. The average Bonchev–Trinajstić information content (AvgIpc) is 2.35. The minimum atomic E-state index is -0.833. The zero-order chi connectivity index (χ0) is 13.0. The minimum absolute atomic E-state index is 0.833. The van der Waals surface area contributed by atoms with Gasteiger partial charge >= 0.3 is 6.03 Å². The molecule has 0 spiro atoms. The number of fused-ring (bicyclic) bond motifs is 2. The van der Waals surface area contributed by atoms with E-state index in [0.29, 0.717) is 0 Å². The molecule has 0 aromatic heterocycles. The zero-order valence-electron chi connectivity index (χ0n) is 9.59. The average molecular weight is 259 g/mol. The molecule has 2 amide bonds. The smallest absolute Gasteiger partial charge is 0.309 e. The van der Waals surface area contributed by atoms with Gasteiger partial charge in [-0.15, -0.1) is 0 Å². The van der Waals surface area contributed by atoms with Gasteiger partial charge in [-0.1, -0.05) is 36.0 Å². The molecule has 5 N–H and O–H groups in total. The highest BCUT2D eigenvalue weighted by Gasteiger charge is 2.13. The topological polar surface area (TPSA) is 81.1 Å². The molecule has 0 fully saturated rings. The Morgan fingerprint density at radius 2 is 1.28 bits per heavy atom. The fourth-order valence-electron chi connectivity index (χ4n) is 1.58. The van der Waals surface area contributed by atoms with E-state index in [1.165, 1.54) is 21.2 Å². The van der Waals surface area contributed by atoms with Crippen LogP contribution < -0.4 is 16.8 Å². The van der Waals surface area contributed by atoms with Crippen molar-refractivity contribution in [3.63, 3.8) is 0 Å². The summed E-state index contributed by atoms with van der Waals surface area (Å²) in [5.74, 6) is 0. The van der Waals surface area contributed by atoms with Crippen LogP contribution in [0.15, 0.2) is 58.3 Å². The Hall–Kier alpha value is -2.14. The molecule has 0 atom stereocenters. The number of rotatable bonds is 0. The van der Waals surface area contributed by atoms with E-state index in [1.807, 2.05) is 11.8 Å². The van der Waals surface area contributed by atoms with Crippen LogP contribution in [0, 0.1) is 0 Å². The van der Waals surface area contributed by atoms with Crippen molar-refractivity contribution in [2.45, 2.75) is 9.79 Å². The standard InChI is InChI=1S/C12H9NS.CH4N2O/c1-3-7-11-9(5-1)13-10-6-2-4-8-12(10)14-11;2-1(3)4/h1-8,13H;(H4,2,3,4). The highest BCUT2D eigenvalue weighted by Crippen LogP contribution is 2.43. The number of primary amides is 2. The first kappa shape index (κ1) is 12.3. The molecule has 2 aromatic rings. The first-order valence-corrected chi connectivity index (χ1v) is 6.16. The summed E-state index contributed by atoms with van der Waals surface area (Å²) in [6.07, 6.45) is 0. The van der Waals surface area contributed by atoms with Gasteiger partial charge in [0.1, 0.15) is 0 Å². The van der Waals surface area contributed by atoms with Crippen molar-refractivity contribution in [3.8, 4) is 0 Å². The second kappa shape index (κ2) is 5.46. The van der Waals surface area contributed by atoms with Crippen molar-refractivity contribution >= 4 is 29.2 Å². The van der Waals surface area contributed by atoms with Crippen molar-refractivity contribution < 1.29 is 4.79 Å². The largest absolute Gasteiger partial charge is 0.354 e. The number of carbonyl (C=O) groups excluding carboxylic acids is 1. The molecule has 0 aliphatic carbocycles. The third kappa shape index (κ3) is 2.95. The van der Waals surface area contributed by atoms with Crippen LogP contribution in [0.25, 0.3) is 0 Å². The van der Waals surface area contributed by atoms with E-state index in [1.54, 1.807) is 0 Å². The van der Waals surface area contributed by atoms with Gasteiger partial charge in [-0.2, -0.15) is 0 Å². The molecule has 1 aliphatic heterocycles. The Morgan fingerprint density at radius 3 is 1.72 bits per heavy atom. The van der Waals surface area contributed by atoms with Crippen molar-refractivity contribution in [2.75, 3.05) is 5.32 Å². The predicted molar refractivity (Wildman–Crippen MR) is 74.1 cm³/mol. The number of urea groups is 1. The number of nitrogens with two attached hydrogens (primary N) is 2. The van der Waals surface area contributed by atoms with E-state index in [-0.39, 0.29) is 0 Å². The molecule has 18 heavy (non-hydrogen) atoms. The second-order valence-corrected chi connectivity index (χ2v) is 4.71. The van der Waals surface area contributed by atoms with Gasteiger partial charge < -0.3 is 16.8 Å². The monoisotopic (exact) mass is 259 g/mol. The number of carbonyl (C=O) groups is 1. The van der Waals surface area contributed by atoms with Gasteiger partial charge in [0, 0.05) is 9.79 Å². The first-order valence-electron chi connectivity index (χ1n) is 5.34. The zero-order valence-corrected chi connectivity index (χ0v) is 10.4. The summed E-state index contributed by atoms with van der Waals surface area (Å²) in [5, 5.41) is 3.42. The Bertz CT molecular complexity index is 480. The van der Waals surface area contributed by atoms with E-state index < -0.39 is 6.03 Å². The molecule has 4 nitrogen and oxygen atoms in total. The van der Waals surface area contributed by atoms with Gasteiger partial charge in [0.2, 0.25) is 0 Å². The summed E-state index contributed by atoms with van der Waals surface area (Å²) < 4.78 is 0. The number of hydrogen-bond donors (Lipinski definition) is 3. The van der Waals surface area contributed by atoms with Crippen LogP contribution in [-0.4, -0.2) is 6.03 Å². The van der Waals surface area contributed by atoms with E-state index in [2.05, 4.69) is 65.3 Å². The number of benzene rings is 2. The third-order valence-electron chi connectivity index (χ3n) is 2.26. The van der Waals surface area contributed by atoms with Crippen molar-refractivity contribution in [1.29, 1.82) is 0 Å². The minimum Gasteiger partial charge on any atom is -0.354 e. The number of amides is 2. The van der Waals surface area contributed by atoms with Gasteiger partial charge in [0.25, 0.3) is 0 Å². The fraction of sp³-hybridized carbons (Fsp3) is 0.